The number of hydrogen-bond acceptors (Lipinski definition) is 4. The second-order valence-corrected chi connectivity index (χ2v) is 6.31. The molecule has 1 saturated carbocycles. The molecule has 2 bridgehead atoms. The Morgan fingerprint density at radius 1 is 1.22 bits per heavy atom. The molecule has 0 radical (unpaired) electrons. The summed E-state index contributed by atoms with van der Waals surface area (Å²) in [5.41, 5.74) is -0.746. The number of rotatable bonds is 2. The normalized spacial score (nSPS) is 35.3. The summed E-state index contributed by atoms with van der Waals surface area (Å²) in [6, 6.07) is 0. The van der Waals surface area contributed by atoms with Gasteiger partial charge in [0.05, 0.1) is 12.1 Å². The maximum absolute atomic E-state index is 11.8. The maximum Gasteiger partial charge on any atom is 0.408 e. The summed E-state index contributed by atoms with van der Waals surface area (Å²) in [6.45, 7) is 6.08. The Hall–Kier alpha value is -0.810. The smallest absolute Gasteiger partial charge is 0.408 e. The van der Waals surface area contributed by atoms with Crippen molar-refractivity contribution >= 4 is 6.09 Å². The van der Waals surface area contributed by atoms with Crippen LogP contribution in [0.4, 0.5) is 4.79 Å². The van der Waals surface area contributed by atoms with Gasteiger partial charge in [-0.3, -0.25) is 0 Å². The van der Waals surface area contributed by atoms with E-state index in [4.69, 9.17) is 14.2 Å². The zero-order valence-corrected chi connectivity index (χ0v) is 11.7. The molecule has 0 unspecified atom stereocenters. The fourth-order valence-corrected chi connectivity index (χ4v) is 2.61. The van der Waals surface area contributed by atoms with Crippen molar-refractivity contribution in [3.63, 3.8) is 0 Å². The third kappa shape index (κ3) is 2.78. The lowest BCUT2D eigenvalue weighted by molar-refractivity contribution is -0.288. The molecule has 0 aromatic carbocycles. The minimum atomic E-state index is -0.471. The van der Waals surface area contributed by atoms with Crippen LogP contribution in [0.25, 0.3) is 0 Å². The summed E-state index contributed by atoms with van der Waals surface area (Å²) in [4.78, 5) is 11.8. The molecular formula is C13H23NO4. The highest BCUT2D eigenvalue weighted by molar-refractivity contribution is 5.69. The number of amides is 1. The van der Waals surface area contributed by atoms with Crippen LogP contribution in [0.2, 0.25) is 0 Å². The fraction of sp³-hybridized carbons (Fsp3) is 0.923. The molecule has 3 rings (SSSR count). The van der Waals surface area contributed by atoms with E-state index in [0.29, 0.717) is 6.61 Å². The minimum Gasteiger partial charge on any atom is -0.444 e. The maximum atomic E-state index is 11.8. The summed E-state index contributed by atoms with van der Waals surface area (Å²) in [5.74, 6) is -0.419. The Bertz CT molecular complexity index is 310. The number of carbonyl (C=O) groups excluding carboxylic acids is 1. The van der Waals surface area contributed by atoms with E-state index < -0.39 is 11.4 Å². The molecule has 2 saturated heterocycles. The molecule has 104 valence electrons. The van der Waals surface area contributed by atoms with Crippen LogP contribution in [-0.2, 0) is 14.2 Å². The quantitative estimate of drug-likeness (QED) is 0.824. The molecule has 0 aromatic rings. The summed E-state index contributed by atoms with van der Waals surface area (Å²) < 4.78 is 16.5. The van der Waals surface area contributed by atoms with E-state index in [1.165, 1.54) is 0 Å². The lowest BCUT2D eigenvalue weighted by Crippen LogP contribution is -2.63. The Morgan fingerprint density at radius 2 is 1.83 bits per heavy atom. The molecule has 1 aliphatic carbocycles. The standard InChI is InChI=1S/C13H23NO4/c1-11(2,3)18-10(15)14-12-5-7-13(16-4,8-6-12)17-9-12/h5-9H2,1-4H3,(H,14,15). The van der Waals surface area contributed by atoms with Crippen LogP contribution in [0, 0.1) is 0 Å². The Balaban J connectivity index is 1.93. The van der Waals surface area contributed by atoms with Crippen LogP contribution in [0.1, 0.15) is 46.5 Å². The van der Waals surface area contributed by atoms with Gasteiger partial charge in [-0.15, -0.1) is 0 Å². The predicted molar refractivity (Wildman–Crippen MR) is 66.3 cm³/mol. The molecular weight excluding hydrogens is 234 g/mol. The van der Waals surface area contributed by atoms with Crippen LogP contribution < -0.4 is 5.32 Å². The number of carbonyl (C=O) groups is 1. The van der Waals surface area contributed by atoms with Crippen LogP contribution in [0.5, 0.6) is 0 Å². The van der Waals surface area contributed by atoms with E-state index in [1.54, 1.807) is 7.11 Å². The molecule has 1 amide bonds. The van der Waals surface area contributed by atoms with Gasteiger partial charge in [0.2, 0.25) is 0 Å². The first kappa shape index (κ1) is 13.6. The van der Waals surface area contributed by atoms with Crippen molar-refractivity contribution in [1.29, 1.82) is 0 Å². The van der Waals surface area contributed by atoms with Gasteiger partial charge in [-0.1, -0.05) is 0 Å². The fourth-order valence-electron chi connectivity index (χ4n) is 2.61. The van der Waals surface area contributed by atoms with Gasteiger partial charge in [0.1, 0.15) is 5.60 Å². The topological polar surface area (TPSA) is 56.8 Å². The molecule has 5 heteroatoms. The SMILES string of the molecule is COC12CCC(NC(=O)OC(C)(C)C)(CC1)CO2. The third-order valence-electron chi connectivity index (χ3n) is 3.72. The lowest BCUT2D eigenvalue weighted by Gasteiger charge is -2.52. The Kier molecular flexibility index (Phi) is 3.32. The van der Waals surface area contributed by atoms with Crippen molar-refractivity contribution in [2.75, 3.05) is 13.7 Å². The van der Waals surface area contributed by atoms with E-state index >= 15 is 0 Å². The molecule has 3 aliphatic rings. The predicted octanol–water partition coefficient (Wildman–Crippen LogP) is 2.20. The molecule has 18 heavy (non-hydrogen) atoms. The van der Waals surface area contributed by atoms with Gasteiger partial charge in [-0.25, -0.2) is 4.79 Å². The zero-order valence-electron chi connectivity index (χ0n) is 11.7. The Morgan fingerprint density at radius 3 is 2.22 bits per heavy atom. The van der Waals surface area contributed by atoms with Crippen molar-refractivity contribution in [1.82, 2.24) is 5.32 Å². The van der Waals surface area contributed by atoms with Crippen molar-refractivity contribution in [3.05, 3.63) is 0 Å². The van der Waals surface area contributed by atoms with Crippen LogP contribution in [0.15, 0.2) is 0 Å². The van der Waals surface area contributed by atoms with Crippen molar-refractivity contribution in [2.45, 2.75) is 63.4 Å². The van der Waals surface area contributed by atoms with Gasteiger partial charge < -0.3 is 19.5 Å². The van der Waals surface area contributed by atoms with E-state index in [9.17, 15) is 4.79 Å². The molecule has 2 aliphatic heterocycles. The Labute approximate surface area is 108 Å². The minimum absolute atomic E-state index is 0.275. The number of hydrogen-bond donors (Lipinski definition) is 1. The van der Waals surface area contributed by atoms with E-state index in [1.807, 2.05) is 20.8 Å². The van der Waals surface area contributed by atoms with Crippen molar-refractivity contribution < 1.29 is 19.0 Å². The highest BCUT2D eigenvalue weighted by Gasteiger charge is 2.51. The second kappa shape index (κ2) is 4.38. The number of alkyl carbamates (subject to hydrolysis) is 1. The van der Waals surface area contributed by atoms with Crippen molar-refractivity contribution in [2.24, 2.45) is 0 Å². The molecule has 2 heterocycles. The number of ether oxygens (including phenoxy) is 3. The van der Waals surface area contributed by atoms with E-state index in [-0.39, 0.29) is 11.6 Å². The summed E-state index contributed by atoms with van der Waals surface area (Å²) in [6.07, 6.45) is 3.02. The first-order valence-corrected chi connectivity index (χ1v) is 6.49. The van der Waals surface area contributed by atoms with E-state index in [2.05, 4.69) is 5.32 Å². The van der Waals surface area contributed by atoms with Crippen molar-refractivity contribution in [3.8, 4) is 0 Å². The molecule has 3 fully saturated rings. The summed E-state index contributed by atoms with van der Waals surface area (Å²) >= 11 is 0. The van der Waals surface area contributed by atoms with Gasteiger partial charge in [0.25, 0.3) is 0 Å². The largest absolute Gasteiger partial charge is 0.444 e. The average Bonchev–Trinajstić information content (AvgIpc) is 2.28. The van der Waals surface area contributed by atoms with Gasteiger partial charge in [-0.05, 0) is 33.6 Å². The van der Waals surface area contributed by atoms with Gasteiger partial charge in [0.15, 0.2) is 5.79 Å². The number of fused-ring (bicyclic) bond motifs is 3. The number of methoxy groups -OCH3 is 1. The zero-order chi connectivity index (χ0) is 13.4. The molecule has 0 spiro atoms. The highest BCUT2D eigenvalue weighted by atomic mass is 16.7. The van der Waals surface area contributed by atoms with E-state index in [0.717, 1.165) is 25.7 Å². The highest BCUT2D eigenvalue weighted by Crippen LogP contribution is 2.43. The van der Waals surface area contributed by atoms with Gasteiger partial charge in [-0.2, -0.15) is 0 Å². The van der Waals surface area contributed by atoms with Gasteiger partial charge in [0, 0.05) is 20.0 Å². The summed E-state index contributed by atoms with van der Waals surface area (Å²) in [5, 5.41) is 2.98. The molecule has 0 atom stereocenters. The van der Waals surface area contributed by atoms with Crippen LogP contribution >= 0.6 is 0 Å². The molecule has 0 aromatic heterocycles. The summed E-state index contributed by atoms with van der Waals surface area (Å²) in [7, 11) is 1.68. The first-order chi connectivity index (χ1) is 8.28. The lowest BCUT2D eigenvalue weighted by atomic mass is 9.76. The monoisotopic (exact) mass is 257 g/mol. The van der Waals surface area contributed by atoms with Crippen LogP contribution in [-0.4, -0.2) is 36.7 Å². The molecule has 1 N–H and O–H groups in total. The van der Waals surface area contributed by atoms with Crippen LogP contribution in [0.3, 0.4) is 0 Å². The van der Waals surface area contributed by atoms with Gasteiger partial charge >= 0.3 is 6.09 Å². The number of nitrogens with one attached hydrogen (secondary N) is 1. The molecule has 5 nitrogen and oxygen atoms in total. The average molecular weight is 257 g/mol. The first-order valence-electron chi connectivity index (χ1n) is 6.49. The second-order valence-electron chi connectivity index (χ2n) is 6.31. The third-order valence-corrected chi connectivity index (χ3v) is 3.72.